The predicted molar refractivity (Wildman–Crippen MR) is 114 cm³/mol. The lowest BCUT2D eigenvalue weighted by Crippen LogP contribution is -2.66. The molecule has 2 heterocycles. The van der Waals surface area contributed by atoms with Gasteiger partial charge in [-0.1, -0.05) is 50.2 Å². The van der Waals surface area contributed by atoms with Gasteiger partial charge in [-0.25, -0.2) is 4.79 Å². The Balaban J connectivity index is 1.38. The number of para-hydroxylation sites is 2. The Kier molecular flexibility index (Phi) is 4.55. The van der Waals surface area contributed by atoms with Gasteiger partial charge in [0.15, 0.2) is 0 Å². The van der Waals surface area contributed by atoms with Crippen molar-refractivity contribution >= 4 is 11.8 Å². The van der Waals surface area contributed by atoms with E-state index in [1.54, 1.807) is 0 Å². The second-order valence-corrected chi connectivity index (χ2v) is 9.40. The Labute approximate surface area is 177 Å². The number of ether oxygens (including phenoxy) is 3. The lowest BCUT2D eigenvalue weighted by atomic mass is 9.50. The Hall–Kier alpha value is -2.53. The fraction of sp³-hybridized carbons (Fsp3) is 0.480. The quantitative estimate of drug-likeness (QED) is 0.736. The molecule has 6 atom stereocenters. The SMILES string of the molecule is C[C@@H]1C[C@]2(C)Oc3ccccc3[C@H]3OC[C@]1(COC(=O)Nc1ccccc1)[C@@H](C)[C@@H]32. The van der Waals surface area contributed by atoms with Crippen molar-refractivity contribution in [2.75, 3.05) is 18.5 Å². The summed E-state index contributed by atoms with van der Waals surface area (Å²) in [5.74, 6) is 1.75. The molecule has 2 bridgehead atoms. The van der Waals surface area contributed by atoms with E-state index in [-0.39, 0.29) is 23.0 Å². The fourth-order valence-electron chi connectivity index (χ4n) is 6.13. The molecule has 30 heavy (non-hydrogen) atoms. The van der Waals surface area contributed by atoms with Gasteiger partial charge >= 0.3 is 6.09 Å². The van der Waals surface area contributed by atoms with Crippen LogP contribution < -0.4 is 10.1 Å². The highest BCUT2D eigenvalue weighted by atomic mass is 16.6. The van der Waals surface area contributed by atoms with E-state index in [2.05, 4.69) is 32.2 Å². The molecule has 2 fully saturated rings. The van der Waals surface area contributed by atoms with Gasteiger partial charge in [-0.3, -0.25) is 5.32 Å². The summed E-state index contributed by atoms with van der Waals surface area (Å²) in [6.07, 6.45) is 0.518. The summed E-state index contributed by atoms with van der Waals surface area (Å²) in [4.78, 5) is 12.4. The number of carbonyl (C=O) groups is 1. The molecule has 5 heteroatoms. The van der Waals surface area contributed by atoms with Gasteiger partial charge in [-0.15, -0.1) is 0 Å². The molecule has 1 N–H and O–H groups in total. The smallest absolute Gasteiger partial charge is 0.411 e. The van der Waals surface area contributed by atoms with Crippen LogP contribution in [-0.2, 0) is 9.47 Å². The molecule has 0 unspecified atom stereocenters. The molecule has 0 radical (unpaired) electrons. The second-order valence-electron chi connectivity index (χ2n) is 9.40. The van der Waals surface area contributed by atoms with Crippen molar-refractivity contribution in [1.82, 2.24) is 0 Å². The Bertz CT molecular complexity index is 947. The normalized spacial score (nSPS) is 36.2. The van der Waals surface area contributed by atoms with Gasteiger partial charge < -0.3 is 14.2 Å². The first-order valence-electron chi connectivity index (χ1n) is 10.8. The maximum Gasteiger partial charge on any atom is 0.411 e. The van der Waals surface area contributed by atoms with E-state index >= 15 is 0 Å². The summed E-state index contributed by atoms with van der Waals surface area (Å²) in [5, 5.41) is 2.82. The van der Waals surface area contributed by atoms with Crippen molar-refractivity contribution in [3.63, 3.8) is 0 Å². The van der Waals surface area contributed by atoms with Crippen molar-refractivity contribution in [3.8, 4) is 5.75 Å². The summed E-state index contributed by atoms with van der Waals surface area (Å²) in [6, 6.07) is 17.6. The first-order valence-corrected chi connectivity index (χ1v) is 10.8. The highest BCUT2D eigenvalue weighted by Crippen LogP contribution is 2.63. The monoisotopic (exact) mass is 407 g/mol. The van der Waals surface area contributed by atoms with E-state index in [1.165, 1.54) is 0 Å². The van der Waals surface area contributed by atoms with E-state index in [4.69, 9.17) is 14.2 Å². The molecule has 5 rings (SSSR count). The van der Waals surface area contributed by atoms with Crippen molar-refractivity contribution < 1.29 is 19.0 Å². The number of rotatable bonds is 3. The highest BCUT2D eigenvalue weighted by Gasteiger charge is 2.64. The molecule has 2 aromatic carbocycles. The molecular weight excluding hydrogens is 378 g/mol. The summed E-state index contributed by atoms with van der Waals surface area (Å²) < 4.78 is 18.8. The fourth-order valence-corrected chi connectivity index (χ4v) is 6.13. The van der Waals surface area contributed by atoms with Gasteiger partial charge in [0.1, 0.15) is 18.0 Å². The van der Waals surface area contributed by atoms with Gasteiger partial charge in [-0.05, 0) is 43.4 Å². The number of hydrogen-bond acceptors (Lipinski definition) is 4. The van der Waals surface area contributed by atoms with Crippen LogP contribution in [0, 0.1) is 23.2 Å². The molecule has 3 aliphatic rings. The molecule has 158 valence electrons. The van der Waals surface area contributed by atoms with Crippen LogP contribution in [0.15, 0.2) is 54.6 Å². The van der Waals surface area contributed by atoms with Gasteiger partial charge in [0.2, 0.25) is 0 Å². The van der Waals surface area contributed by atoms with E-state index in [9.17, 15) is 4.79 Å². The third-order valence-corrected chi connectivity index (χ3v) is 7.76. The Morgan fingerprint density at radius 2 is 1.87 bits per heavy atom. The zero-order chi connectivity index (χ0) is 20.9. The number of hydrogen-bond donors (Lipinski definition) is 1. The van der Waals surface area contributed by atoms with E-state index < -0.39 is 6.09 Å². The first kappa shape index (κ1) is 19.4. The number of carbonyl (C=O) groups excluding carboxylic acids is 1. The Morgan fingerprint density at radius 1 is 1.13 bits per heavy atom. The summed E-state index contributed by atoms with van der Waals surface area (Å²) in [7, 11) is 0. The zero-order valence-electron chi connectivity index (χ0n) is 17.8. The molecule has 2 aromatic rings. The number of fused-ring (bicyclic) bond motifs is 3. The summed E-state index contributed by atoms with van der Waals surface area (Å²) in [6.45, 7) is 7.66. The summed E-state index contributed by atoms with van der Waals surface area (Å²) >= 11 is 0. The van der Waals surface area contributed by atoms with E-state index in [0.29, 0.717) is 25.0 Å². The third-order valence-electron chi connectivity index (χ3n) is 7.76. The lowest BCUT2D eigenvalue weighted by Gasteiger charge is -2.63. The molecule has 5 nitrogen and oxygen atoms in total. The number of nitrogens with one attached hydrogen (secondary N) is 1. The molecule has 1 amide bonds. The summed E-state index contributed by atoms with van der Waals surface area (Å²) in [5.41, 5.74) is 1.37. The minimum Gasteiger partial charge on any atom is -0.487 e. The average Bonchev–Trinajstić information content (AvgIpc) is 2.73. The van der Waals surface area contributed by atoms with Crippen LogP contribution in [0.4, 0.5) is 10.5 Å². The third kappa shape index (κ3) is 2.90. The van der Waals surface area contributed by atoms with Crippen molar-refractivity contribution in [2.45, 2.75) is 38.9 Å². The standard InChI is InChI=1S/C25H29NO4/c1-16-13-24(3)21-17(2)25(16,15-29-23(27)26-18-9-5-4-6-10-18)14-28-22(21)19-11-7-8-12-20(19)30-24/h4-12,16-17,21-22H,13-15H2,1-3H3,(H,26,27)/t16-,17+,21+,22-,24+,25-/m1/s1. The predicted octanol–water partition coefficient (Wildman–Crippen LogP) is 5.44. The van der Waals surface area contributed by atoms with Crippen LogP contribution in [-0.4, -0.2) is 24.9 Å². The topological polar surface area (TPSA) is 56.8 Å². The molecule has 0 aromatic heterocycles. The maximum atomic E-state index is 12.4. The van der Waals surface area contributed by atoms with Crippen LogP contribution in [0.25, 0.3) is 0 Å². The lowest BCUT2D eigenvalue weighted by molar-refractivity contribution is -0.259. The Morgan fingerprint density at radius 3 is 2.67 bits per heavy atom. The number of anilines is 1. The van der Waals surface area contributed by atoms with Crippen molar-refractivity contribution in [3.05, 3.63) is 60.2 Å². The van der Waals surface area contributed by atoms with Crippen LogP contribution in [0.2, 0.25) is 0 Å². The molecule has 1 saturated carbocycles. The number of benzene rings is 2. The van der Waals surface area contributed by atoms with Crippen LogP contribution in [0.1, 0.15) is 38.9 Å². The van der Waals surface area contributed by atoms with E-state index in [1.807, 2.05) is 48.5 Å². The molecule has 1 saturated heterocycles. The van der Waals surface area contributed by atoms with Crippen LogP contribution in [0.5, 0.6) is 5.75 Å². The largest absolute Gasteiger partial charge is 0.487 e. The minimum atomic E-state index is -0.421. The highest BCUT2D eigenvalue weighted by molar-refractivity contribution is 5.84. The average molecular weight is 408 g/mol. The van der Waals surface area contributed by atoms with Crippen LogP contribution in [0.3, 0.4) is 0 Å². The van der Waals surface area contributed by atoms with Crippen LogP contribution >= 0.6 is 0 Å². The van der Waals surface area contributed by atoms with Gasteiger partial charge in [-0.2, -0.15) is 0 Å². The molecule has 0 spiro atoms. The minimum absolute atomic E-state index is 0.0220. The second kappa shape index (κ2) is 7.02. The zero-order valence-corrected chi connectivity index (χ0v) is 17.8. The van der Waals surface area contributed by atoms with Gasteiger partial charge in [0, 0.05) is 22.6 Å². The van der Waals surface area contributed by atoms with Gasteiger partial charge in [0.25, 0.3) is 0 Å². The van der Waals surface area contributed by atoms with Gasteiger partial charge in [0.05, 0.1) is 12.7 Å². The number of amides is 1. The molecule has 2 aliphatic heterocycles. The first-order chi connectivity index (χ1) is 14.4. The molecular formula is C25H29NO4. The molecule has 1 aliphatic carbocycles. The van der Waals surface area contributed by atoms with Crippen molar-refractivity contribution in [2.24, 2.45) is 23.2 Å². The maximum absolute atomic E-state index is 12.4. The van der Waals surface area contributed by atoms with Crippen molar-refractivity contribution in [1.29, 1.82) is 0 Å². The van der Waals surface area contributed by atoms with E-state index in [0.717, 1.165) is 23.4 Å².